The first-order valence-electron chi connectivity index (χ1n) is 9.91. The zero-order valence-electron chi connectivity index (χ0n) is 16.7. The fraction of sp³-hybridized carbons (Fsp3) is 0.524. The van der Waals surface area contributed by atoms with Crippen LogP contribution in [0.1, 0.15) is 48.7 Å². The highest BCUT2D eigenvalue weighted by Crippen LogP contribution is 2.24. The number of aliphatic imine (C=N–C) groups is 1. The van der Waals surface area contributed by atoms with Crippen LogP contribution in [0.4, 0.5) is 0 Å². The van der Waals surface area contributed by atoms with E-state index in [0.717, 1.165) is 43.6 Å². The molecule has 1 fully saturated rings. The van der Waals surface area contributed by atoms with Gasteiger partial charge in [0.05, 0.1) is 11.7 Å². The van der Waals surface area contributed by atoms with Gasteiger partial charge in [0, 0.05) is 13.1 Å². The molecule has 146 valence electrons. The van der Waals surface area contributed by atoms with Crippen molar-refractivity contribution in [2.24, 2.45) is 4.99 Å². The second-order valence-corrected chi connectivity index (χ2v) is 6.99. The van der Waals surface area contributed by atoms with E-state index >= 15 is 0 Å². The molecule has 2 N–H and O–H groups in total. The van der Waals surface area contributed by atoms with Gasteiger partial charge in [-0.15, -0.1) is 0 Å². The number of likely N-dealkylation sites (tertiary alicyclic amines) is 1. The molecule has 0 saturated carbocycles. The second kappa shape index (κ2) is 9.55. The molecule has 1 unspecified atom stereocenters. The third-order valence-electron chi connectivity index (χ3n) is 5.02. The number of nitrogens with zero attached hydrogens (tertiary/aromatic N) is 3. The highest BCUT2D eigenvalue weighted by Gasteiger charge is 2.23. The van der Waals surface area contributed by atoms with Gasteiger partial charge in [-0.25, -0.2) is 9.98 Å². The molecular weight excluding hydrogens is 338 g/mol. The molecule has 6 nitrogen and oxygen atoms in total. The zero-order chi connectivity index (χ0) is 19.1. The van der Waals surface area contributed by atoms with Crippen molar-refractivity contribution in [2.75, 3.05) is 26.2 Å². The number of nitrogens with one attached hydrogen (secondary N) is 2. The lowest BCUT2D eigenvalue weighted by Crippen LogP contribution is -2.42. The quantitative estimate of drug-likeness (QED) is 0.580. The summed E-state index contributed by atoms with van der Waals surface area (Å²) in [5.41, 5.74) is 2.28. The molecule has 0 radical (unpaired) electrons. The summed E-state index contributed by atoms with van der Waals surface area (Å²) in [5.74, 6) is 2.31. The molecule has 6 heteroatoms. The van der Waals surface area contributed by atoms with Crippen molar-refractivity contribution < 1.29 is 4.42 Å². The van der Waals surface area contributed by atoms with Crippen molar-refractivity contribution in [3.63, 3.8) is 0 Å². The topological polar surface area (TPSA) is 65.7 Å². The fourth-order valence-corrected chi connectivity index (χ4v) is 3.47. The first-order chi connectivity index (χ1) is 13.2. The second-order valence-electron chi connectivity index (χ2n) is 6.99. The van der Waals surface area contributed by atoms with E-state index < -0.39 is 0 Å². The van der Waals surface area contributed by atoms with Crippen LogP contribution in [0.15, 0.2) is 39.7 Å². The van der Waals surface area contributed by atoms with E-state index in [1.54, 1.807) is 0 Å². The molecule has 3 rings (SSSR count). The predicted molar refractivity (Wildman–Crippen MR) is 109 cm³/mol. The van der Waals surface area contributed by atoms with E-state index in [-0.39, 0.29) is 0 Å². The van der Waals surface area contributed by atoms with Crippen LogP contribution in [0.3, 0.4) is 0 Å². The summed E-state index contributed by atoms with van der Waals surface area (Å²) in [4.78, 5) is 11.6. The van der Waals surface area contributed by atoms with Gasteiger partial charge in [0.25, 0.3) is 0 Å². The molecule has 1 saturated heterocycles. The Morgan fingerprint density at radius 2 is 1.93 bits per heavy atom. The lowest BCUT2D eigenvalue weighted by molar-refractivity contribution is 0.245. The highest BCUT2D eigenvalue weighted by atomic mass is 16.4. The number of rotatable bonds is 7. The smallest absolute Gasteiger partial charge is 0.216 e. The van der Waals surface area contributed by atoms with Crippen molar-refractivity contribution in [3.05, 3.63) is 53.2 Å². The van der Waals surface area contributed by atoms with Crippen LogP contribution in [0.25, 0.3) is 0 Å². The Bertz CT molecular complexity index is 715. The van der Waals surface area contributed by atoms with Crippen molar-refractivity contribution in [1.29, 1.82) is 0 Å². The molecular formula is C21H31N5O. The maximum Gasteiger partial charge on any atom is 0.216 e. The minimum Gasteiger partial charge on any atom is -0.444 e. The lowest BCUT2D eigenvalue weighted by atomic mass is 10.1. The Kier molecular flexibility index (Phi) is 6.87. The van der Waals surface area contributed by atoms with Crippen molar-refractivity contribution in [3.8, 4) is 0 Å². The average molecular weight is 370 g/mol. The van der Waals surface area contributed by atoms with Crippen LogP contribution in [-0.2, 0) is 6.54 Å². The summed E-state index contributed by atoms with van der Waals surface area (Å²) < 4.78 is 5.64. The van der Waals surface area contributed by atoms with Gasteiger partial charge in [0.2, 0.25) is 5.89 Å². The molecule has 0 amide bonds. The molecule has 0 aliphatic carbocycles. The van der Waals surface area contributed by atoms with Crippen LogP contribution in [0, 0.1) is 13.8 Å². The van der Waals surface area contributed by atoms with Gasteiger partial charge in [-0.3, -0.25) is 4.90 Å². The molecule has 27 heavy (non-hydrogen) atoms. The molecule has 1 aliphatic heterocycles. The maximum atomic E-state index is 5.64. The van der Waals surface area contributed by atoms with Crippen molar-refractivity contribution >= 4 is 5.96 Å². The van der Waals surface area contributed by atoms with Gasteiger partial charge in [-0.1, -0.05) is 30.3 Å². The van der Waals surface area contributed by atoms with Gasteiger partial charge < -0.3 is 15.1 Å². The van der Waals surface area contributed by atoms with E-state index in [1.807, 2.05) is 13.8 Å². The van der Waals surface area contributed by atoms with Gasteiger partial charge in [-0.2, -0.15) is 0 Å². The maximum absolute atomic E-state index is 5.64. The van der Waals surface area contributed by atoms with Crippen molar-refractivity contribution in [1.82, 2.24) is 20.5 Å². The largest absolute Gasteiger partial charge is 0.444 e. The van der Waals surface area contributed by atoms with Gasteiger partial charge in [0.1, 0.15) is 12.3 Å². The zero-order valence-corrected chi connectivity index (χ0v) is 16.7. The van der Waals surface area contributed by atoms with Gasteiger partial charge in [0.15, 0.2) is 5.96 Å². The molecule has 2 aromatic rings. The van der Waals surface area contributed by atoms with Crippen LogP contribution in [-0.4, -0.2) is 42.0 Å². The monoisotopic (exact) mass is 369 g/mol. The summed E-state index contributed by atoms with van der Waals surface area (Å²) in [6, 6.07) is 11.1. The molecule has 1 aromatic carbocycles. The van der Waals surface area contributed by atoms with Crippen molar-refractivity contribution in [2.45, 2.75) is 46.2 Å². The Hall–Kier alpha value is -2.34. The SMILES string of the molecule is CCNC(=NCc1nc(C)c(C)o1)NCC(c1ccccc1)N1CCCC1. The first-order valence-corrected chi connectivity index (χ1v) is 9.91. The first kappa shape index (κ1) is 19.4. The average Bonchev–Trinajstić information content (AvgIpc) is 3.31. The van der Waals surface area contributed by atoms with E-state index in [1.165, 1.54) is 18.4 Å². The highest BCUT2D eigenvalue weighted by molar-refractivity contribution is 5.79. The Morgan fingerprint density at radius 3 is 2.56 bits per heavy atom. The Labute approximate surface area is 162 Å². The normalized spacial score (nSPS) is 16.5. The number of guanidine groups is 1. The summed E-state index contributed by atoms with van der Waals surface area (Å²) >= 11 is 0. The molecule has 1 aliphatic rings. The van der Waals surface area contributed by atoms with Gasteiger partial charge in [-0.05, 0) is 52.3 Å². The molecule has 0 bridgehead atoms. The third-order valence-corrected chi connectivity index (χ3v) is 5.02. The number of oxazole rings is 1. The Balaban J connectivity index is 1.67. The van der Waals surface area contributed by atoms with Crippen LogP contribution < -0.4 is 10.6 Å². The summed E-state index contributed by atoms with van der Waals surface area (Å²) in [6.07, 6.45) is 2.56. The number of benzene rings is 1. The third kappa shape index (κ3) is 5.32. The summed E-state index contributed by atoms with van der Waals surface area (Å²) in [6.45, 7) is 10.3. The minimum atomic E-state index is 0.351. The van der Waals surface area contributed by atoms with Crippen LogP contribution in [0.2, 0.25) is 0 Å². The number of aromatic nitrogens is 1. The van der Waals surface area contributed by atoms with E-state index in [9.17, 15) is 0 Å². The molecule has 1 atom stereocenters. The standard InChI is InChI=1S/C21H31N5O/c1-4-22-21(24-15-20-25-16(2)17(3)27-20)23-14-19(26-12-8-9-13-26)18-10-6-5-7-11-18/h5-7,10-11,19H,4,8-9,12-15H2,1-3H3,(H2,22,23,24). The van der Waals surface area contributed by atoms with Gasteiger partial charge >= 0.3 is 0 Å². The Morgan fingerprint density at radius 1 is 1.19 bits per heavy atom. The lowest BCUT2D eigenvalue weighted by Gasteiger charge is -2.29. The molecule has 2 heterocycles. The number of aryl methyl sites for hydroxylation is 2. The summed E-state index contributed by atoms with van der Waals surface area (Å²) in [7, 11) is 0. The van der Waals surface area contributed by atoms with E-state index in [0.29, 0.717) is 18.5 Å². The fourth-order valence-electron chi connectivity index (χ4n) is 3.47. The number of hydrogen-bond acceptors (Lipinski definition) is 4. The van der Waals surface area contributed by atoms with Crippen LogP contribution >= 0.6 is 0 Å². The predicted octanol–water partition coefficient (Wildman–Crippen LogP) is 3.18. The number of hydrogen-bond donors (Lipinski definition) is 2. The van der Waals surface area contributed by atoms with E-state index in [4.69, 9.17) is 4.42 Å². The van der Waals surface area contributed by atoms with E-state index in [2.05, 4.69) is 62.8 Å². The van der Waals surface area contributed by atoms with Crippen LogP contribution in [0.5, 0.6) is 0 Å². The molecule has 0 spiro atoms. The summed E-state index contributed by atoms with van der Waals surface area (Å²) in [5, 5.41) is 6.84. The molecule has 1 aromatic heterocycles. The minimum absolute atomic E-state index is 0.351.